The Morgan fingerprint density at radius 3 is 2.53 bits per heavy atom. The number of benzene rings is 1. The van der Waals surface area contributed by atoms with E-state index in [4.69, 9.17) is 32.7 Å². The molecule has 0 spiro atoms. The number of amides is 1. The summed E-state index contributed by atoms with van der Waals surface area (Å²) in [6, 6.07) is 10.00. The van der Waals surface area contributed by atoms with Crippen LogP contribution in [-0.2, 0) is 11.3 Å². The minimum Gasteiger partial charge on any atom is -0.495 e. The predicted octanol–water partition coefficient (Wildman–Crippen LogP) is 4.93. The number of nitrogens with one attached hydrogen (secondary N) is 1. The van der Waals surface area contributed by atoms with Gasteiger partial charge in [0.2, 0.25) is 5.88 Å². The summed E-state index contributed by atoms with van der Waals surface area (Å²) in [6.45, 7) is 2.12. The lowest BCUT2D eigenvalue weighted by atomic mass is 10.1. The zero-order valence-electron chi connectivity index (χ0n) is 18.6. The Morgan fingerprint density at radius 2 is 1.85 bits per heavy atom. The third-order valence-corrected chi connectivity index (χ3v) is 5.86. The lowest BCUT2D eigenvalue weighted by Gasteiger charge is -2.09. The van der Waals surface area contributed by atoms with E-state index >= 15 is 0 Å². The van der Waals surface area contributed by atoms with E-state index in [1.165, 1.54) is 26.5 Å². The molecule has 0 bridgehead atoms. The minimum absolute atomic E-state index is 0.248. The normalized spacial score (nSPS) is 10.9. The number of halogens is 2. The van der Waals surface area contributed by atoms with Gasteiger partial charge < -0.3 is 19.4 Å². The number of ketones is 1. The molecule has 10 heteroatoms. The molecule has 0 fully saturated rings. The molecule has 0 unspecified atom stereocenters. The first kappa shape index (κ1) is 23.5. The van der Waals surface area contributed by atoms with E-state index in [1.54, 1.807) is 43.5 Å². The summed E-state index contributed by atoms with van der Waals surface area (Å²) in [5.74, 6) is -0.795. The number of carbonyl (C=O) groups excluding carboxylic acids is 2. The number of hydrogen-bond donors (Lipinski definition) is 1. The van der Waals surface area contributed by atoms with Gasteiger partial charge in [0.1, 0.15) is 5.75 Å². The number of pyridine rings is 2. The molecule has 0 aliphatic carbocycles. The largest absolute Gasteiger partial charge is 0.495 e. The molecule has 174 valence electrons. The smallest absolute Gasteiger partial charge is 0.296 e. The quantitative estimate of drug-likeness (QED) is 0.286. The summed E-state index contributed by atoms with van der Waals surface area (Å²) in [6.07, 6.45) is 3.03. The maximum Gasteiger partial charge on any atom is 0.296 e. The fourth-order valence-electron chi connectivity index (χ4n) is 3.69. The van der Waals surface area contributed by atoms with Crippen LogP contribution < -0.4 is 14.8 Å². The highest BCUT2D eigenvalue weighted by Gasteiger charge is 2.27. The highest BCUT2D eigenvalue weighted by Crippen LogP contribution is 2.35. The second-order valence-electron chi connectivity index (χ2n) is 7.39. The minimum atomic E-state index is -0.797. The Labute approximate surface area is 205 Å². The van der Waals surface area contributed by atoms with Crippen molar-refractivity contribution in [3.8, 4) is 11.6 Å². The predicted molar refractivity (Wildman–Crippen MR) is 130 cm³/mol. The molecule has 8 nitrogen and oxygen atoms in total. The molecule has 1 N–H and O–H groups in total. The Kier molecular flexibility index (Phi) is 6.72. The van der Waals surface area contributed by atoms with Gasteiger partial charge in [0.05, 0.1) is 47.6 Å². The standard InChI is InChI=1S/C24H20Cl2N4O4/c1-13-22(23(31)24(32)29-15-6-7-27-21(8-15)34-3)17-9-20(33-2)18(26)10-19(17)30(13)12-16-5-4-14(25)11-28-16/h4-11H,12H2,1-3H3,(H,27,29,32). The number of carbonyl (C=O) groups is 2. The van der Waals surface area contributed by atoms with Crippen molar-refractivity contribution in [3.63, 3.8) is 0 Å². The molecule has 0 saturated heterocycles. The van der Waals surface area contributed by atoms with Crippen LogP contribution in [0, 0.1) is 6.92 Å². The number of ether oxygens (including phenoxy) is 2. The summed E-state index contributed by atoms with van der Waals surface area (Å²) in [5.41, 5.74) is 2.61. The van der Waals surface area contributed by atoms with Gasteiger partial charge in [-0.05, 0) is 37.3 Å². The zero-order chi connectivity index (χ0) is 24.4. The van der Waals surface area contributed by atoms with Crippen LogP contribution in [-0.4, -0.2) is 40.4 Å². The van der Waals surface area contributed by atoms with E-state index in [2.05, 4.69) is 15.3 Å². The van der Waals surface area contributed by atoms with Crippen LogP contribution in [0.15, 0.2) is 48.8 Å². The van der Waals surface area contributed by atoms with Crippen molar-refractivity contribution in [2.24, 2.45) is 0 Å². The molecular formula is C24H20Cl2N4O4. The summed E-state index contributed by atoms with van der Waals surface area (Å²) in [7, 11) is 2.95. The molecular weight excluding hydrogens is 479 g/mol. The van der Waals surface area contributed by atoms with Crippen LogP contribution in [0.5, 0.6) is 11.6 Å². The van der Waals surface area contributed by atoms with Crippen molar-refractivity contribution in [2.75, 3.05) is 19.5 Å². The third kappa shape index (κ3) is 4.55. The van der Waals surface area contributed by atoms with Crippen molar-refractivity contribution in [2.45, 2.75) is 13.5 Å². The van der Waals surface area contributed by atoms with E-state index in [1.807, 2.05) is 4.57 Å². The summed E-state index contributed by atoms with van der Waals surface area (Å²) < 4.78 is 12.3. The molecule has 0 radical (unpaired) electrons. The Bertz CT molecular complexity index is 1400. The molecule has 3 heterocycles. The third-order valence-electron chi connectivity index (χ3n) is 5.34. The number of Topliss-reactive ketones (excluding diaryl/α,β-unsaturated/α-hetero) is 1. The molecule has 34 heavy (non-hydrogen) atoms. The van der Waals surface area contributed by atoms with Gasteiger partial charge >= 0.3 is 0 Å². The second kappa shape index (κ2) is 9.70. The highest BCUT2D eigenvalue weighted by molar-refractivity contribution is 6.49. The van der Waals surface area contributed by atoms with Crippen LogP contribution in [0.2, 0.25) is 10.0 Å². The van der Waals surface area contributed by atoms with Crippen LogP contribution in [0.1, 0.15) is 21.7 Å². The Hall–Kier alpha value is -3.62. The molecule has 1 aromatic carbocycles. The molecule has 0 saturated carbocycles. The van der Waals surface area contributed by atoms with Gasteiger partial charge in [-0.15, -0.1) is 0 Å². The molecule has 0 aliphatic heterocycles. The molecule has 0 atom stereocenters. The number of aromatic nitrogens is 3. The van der Waals surface area contributed by atoms with Gasteiger partial charge in [0.15, 0.2) is 0 Å². The number of methoxy groups -OCH3 is 2. The fraction of sp³-hybridized carbons (Fsp3) is 0.167. The topological polar surface area (TPSA) is 95.3 Å². The zero-order valence-corrected chi connectivity index (χ0v) is 20.1. The van der Waals surface area contributed by atoms with Crippen molar-refractivity contribution in [1.82, 2.24) is 14.5 Å². The van der Waals surface area contributed by atoms with Crippen LogP contribution in [0.4, 0.5) is 5.69 Å². The van der Waals surface area contributed by atoms with E-state index in [9.17, 15) is 9.59 Å². The van der Waals surface area contributed by atoms with Crippen LogP contribution in [0.25, 0.3) is 10.9 Å². The number of anilines is 1. The first-order valence-electron chi connectivity index (χ1n) is 10.1. The van der Waals surface area contributed by atoms with E-state index in [0.29, 0.717) is 50.5 Å². The number of rotatable bonds is 7. The van der Waals surface area contributed by atoms with Crippen molar-refractivity contribution in [3.05, 3.63) is 75.8 Å². The fourth-order valence-corrected chi connectivity index (χ4v) is 4.03. The summed E-state index contributed by atoms with van der Waals surface area (Å²) in [5, 5.41) is 4.05. The van der Waals surface area contributed by atoms with Gasteiger partial charge in [-0.1, -0.05) is 23.2 Å². The number of hydrogen-bond acceptors (Lipinski definition) is 6. The Morgan fingerprint density at radius 1 is 1.06 bits per heavy atom. The van der Waals surface area contributed by atoms with Gasteiger partial charge in [-0.3, -0.25) is 14.6 Å². The van der Waals surface area contributed by atoms with Gasteiger partial charge in [0.25, 0.3) is 11.7 Å². The molecule has 1 amide bonds. The summed E-state index contributed by atoms with van der Waals surface area (Å²) in [4.78, 5) is 34.6. The highest BCUT2D eigenvalue weighted by atomic mass is 35.5. The second-order valence-corrected chi connectivity index (χ2v) is 8.23. The molecule has 4 rings (SSSR count). The van der Waals surface area contributed by atoms with Gasteiger partial charge in [-0.25, -0.2) is 4.98 Å². The molecule has 3 aromatic heterocycles. The lowest BCUT2D eigenvalue weighted by molar-refractivity contribution is -0.112. The average molecular weight is 499 g/mol. The van der Waals surface area contributed by atoms with Crippen molar-refractivity contribution < 1.29 is 19.1 Å². The van der Waals surface area contributed by atoms with E-state index < -0.39 is 11.7 Å². The lowest BCUT2D eigenvalue weighted by Crippen LogP contribution is -2.23. The Balaban J connectivity index is 1.78. The van der Waals surface area contributed by atoms with Gasteiger partial charge in [-0.2, -0.15) is 0 Å². The number of fused-ring (bicyclic) bond motifs is 1. The average Bonchev–Trinajstić information content (AvgIpc) is 3.09. The van der Waals surface area contributed by atoms with Crippen LogP contribution >= 0.6 is 23.2 Å². The van der Waals surface area contributed by atoms with Crippen molar-refractivity contribution >= 4 is 51.5 Å². The maximum atomic E-state index is 13.4. The van der Waals surface area contributed by atoms with Crippen molar-refractivity contribution in [1.29, 1.82) is 0 Å². The molecule has 0 aliphatic rings. The number of nitrogens with zero attached hydrogens (tertiary/aromatic N) is 3. The first-order valence-corrected chi connectivity index (χ1v) is 10.9. The van der Waals surface area contributed by atoms with E-state index in [0.717, 1.165) is 5.69 Å². The first-order chi connectivity index (χ1) is 16.3. The monoisotopic (exact) mass is 498 g/mol. The van der Waals surface area contributed by atoms with Crippen LogP contribution in [0.3, 0.4) is 0 Å². The SMILES string of the molecule is COc1cc(NC(=O)C(=O)c2c(C)n(Cc3ccc(Cl)cn3)c3cc(Cl)c(OC)cc23)ccn1. The molecule has 4 aromatic rings. The summed E-state index contributed by atoms with van der Waals surface area (Å²) >= 11 is 12.3. The van der Waals surface area contributed by atoms with E-state index in [-0.39, 0.29) is 5.56 Å². The van der Waals surface area contributed by atoms with Gasteiger partial charge in [0, 0.05) is 35.2 Å². The maximum absolute atomic E-state index is 13.4.